The Morgan fingerprint density at radius 1 is 0.974 bits per heavy atom. The van der Waals surface area contributed by atoms with Crippen molar-refractivity contribution in [3.05, 3.63) is 108 Å². The summed E-state index contributed by atoms with van der Waals surface area (Å²) in [6.45, 7) is 0.329. The number of benzene rings is 4. The zero-order chi connectivity index (χ0) is 26.1. The topological polar surface area (TPSA) is 105 Å². The molecule has 1 aliphatic heterocycles. The summed E-state index contributed by atoms with van der Waals surface area (Å²) in [6, 6.07) is 26.6. The second-order valence-electron chi connectivity index (χ2n) is 9.32. The lowest BCUT2D eigenvalue weighted by molar-refractivity contribution is 0.0861. The number of phenolic OH excluding ortho intramolecular Hbond substituents is 1. The summed E-state index contributed by atoms with van der Waals surface area (Å²) >= 11 is 0. The fourth-order valence-corrected chi connectivity index (χ4v) is 4.91. The molecule has 2 atom stereocenters. The molecule has 38 heavy (non-hydrogen) atoms. The van der Waals surface area contributed by atoms with Crippen molar-refractivity contribution in [2.75, 3.05) is 6.54 Å². The van der Waals surface area contributed by atoms with Gasteiger partial charge in [-0.05, 0) is 35.6 Å². The van der Waals surface area contributed by atoms with Crippen LogP contribution in [0.4, 0.5) is 4.79 Å². The largest absolute Gasteiger partial charge is 0.506 e. The summed E-state index contributed by atoms with van der Waals surface area (Å²) in [5.74, 6) is -0.115. The Morgan fingerprint density at radius 3 is 2.58 bits per heavy atom. The number of aromatic hydroxyl groups is 1. The summed E-state index contributed by atoms with van der Waals surface area (Å²) in [5.41, 5.74) is 2.35. The van der Waals surface area contributed by atoms with Crippen molar-refractivity contribution in [1.82, 2.24) is 15.2 Å². The minimum absolute atomic E-state index is 0.0757. The van der Waals surface area contributed by atoms with Gasteiger partial charge < -0.3 is 19.6 Å². The molecule has 190 valence electrons. The van der Waals surface area contributed by atoms with Gasteiger partial charge in [-0.2, -0.15) is 0 Å². The van der Waals surface area contributed by atoms with Gasteiger partial charge >= 0.3 is 6.09 Å². The van der Waals surface area contributed by atoms with Gasteiger partial charge in [0.25, 0.3) is 5.91 Å². The molecule has 6 rings (SSSR count). The lowest BCUT2D eigenvalue weighted by Gasteiger charge is -2.21. The zero-order valence-electron chi connectivity index (χ0n) is 20.4. The van der Waals surface area contributed by atoms with Gasteiger partial charge in [0.1, 0.15) is 23.9 Å². The van der Waals surface area contributed by atoms with Crippen molar-refractivity contribution in [1.29, 1.82) is 0 Å². The van der Waals surface area contributed by atoms with Crippen molar-refractivity contribution in [3.63, 3.8) is 0 Å². The molecule has 1 saturated heterocycles. The molecule has 2 amide bonds. The van der Waals surface area contributed by atoms with E-state index < -0.39 is 24.1 Å². The Morgan fingerprint density at radius 2 is 1.74 bits per heavy atom. The first-order valence-electron chi connectivity index (χ1n) is 12.4. The Bertz CT molecular complexity index is 1600. The maximum Gasteiger partial charge on any atom is 0.410 e. The van der Waals surface area contributed by atoms with Crippen LogP contribution >= 0.6 is 0 Å². The van der Waals surface area contributed by atoms with E-state index in [0.29, 0.717) is 28.8 Å². The number of phenols is 1. The van der Waals surface area contributed by atoms with Gasteiger partial charge in [-0.25, -0.2) is 9.78 Å². The van der Waals surface area contributed by atoms with Crippen LogP contribution < -0.4 is 5.32 Å². The average molecular weight is 508 g/mol. The number of hydrogen-bond acceptors (Lipinski definition) is 6. The number of fused-ring (bicyclic) bond motifs is 2. The molecule has 0 spiro atoms. The number of carbonyl (C=O) groups is 2. The first kappa shape index (κ1) is 23.5. The first-order chi connectivity index (χ1) is 18.6. The van der Waals surface area contributed by atoms with Crippen LogP contribution in [0.5, 0.6) is 5.75 Å². The van der Waals surface area contributed by atoms with E-state index >= 15 is 0 Å². The number of amides is 2. The van der Waals surface area contributed by atoms with Crippen LogP contribution in [0.2, 0.25) is 0 Å². The third kappa shape index (κ3) is 4.52. The Balaban J connectivity index is 1.24. The number of para-hydroxylation sites is 2. The number of ether oxygens (including phenoxy) is 1. The normalized spacial score (nSPS) is 17.1. The third-order valence-electron chi connectivity index (χ3n) is 6.82. The maximum absolute atomic E-state index is 13.2. The minimum atomic E-state index is -0.527. The van der Waals surface area contributed by atoms with Crippen molar-refractivity contribution in [3.8, 4) is 5.75 Å². The number of nitrogens with zero attached hydrogens (tertiary/aromatic N) is 2. The number of carbonyl (C=O) groups excluding carboxylic acids is 2. The highest BCUT2D eigenvalue weighted by Gasteiger charge is 2.41. The summed E-state index contributed by atoms with van der Waals surface area (Å²) in [5, 5.41) is 15.2. The summed E-state index contributed by atoms with van der Waals surface area (Å²) < 4.78 is 11.6. The first-order valence-corrected chi connectivity index (χ1v) is 12.4. The van der Waals surface area contributed by atoms with E-state index in [1.807, 2.05) is 72.8 Å². The van der Waals surface area contributed by atoms with Gasteiger partial charge in [-0.1, -0.05) is 72.8 Å². The molecule has 0 bridgehead atoms. The van der Waals surface area contributed by atoms with Gasteiger partial charge in [0.15, 0.2) is 5.58 Å². The van der Waals surface area contributed by atoms with Gasteiger partial charge in [0.2, 0.25) is 5.89 Å². The molecule has 8 nitrogen and oxygen atoms in total. The maximum atomic E-state index is 13.2. The molecule has 2 heterocycles. The number of nitrogens with one attached hydrogen (secondary N) is 1. The van der Waals surface area contributed by atoms with Crippen LogP contribution in [-0.2, 0) is 11.3 Å². The predicted octanol–water partition coefficient (Wildman–Crippen LogP) is 5.57. The lowest BCUT2D eigenvalue weighted by Crippen LogP contribution is -2.38. The third-order valence-corrected chi connectivity index (χ3v) is 6.82. The van der Waals surface area contributed by atoms with Gasteiger partial charge in [-0.15, -0.1) is 0 Å². The quantitative estimate of drug-likeness (QED) is 0.322. The summed E-state index contributed by atoms with van der Waals surface area (Å²) in [6.07, 6.45) is -0.140. The molecule has 4 aromatic carbocycles. The fourth-order valence-electron chi connectivity index (χ4n) is 4.91. The Labute approximate surface area is 218 Å². The zero-order valence-corrected chi connectivity index (χ0v) is 20.4. The molecule has 2 N–H and O–H groups in total. The molecular formula is C30H25N3O5. The van der Waals surface area contributed by atoms with Crippen LogP contribution in [0.3, 0.4) is 0 Å². The SMILES string of the molecule is O=C(N[C@H]1C[C@@H](c2nc3ccccc3o2)N(C(=O)OCc2ccccc2)C1)c1ccc2ccccc2c1O. The Hall–Kier alpha value is -4.85. The van der Waals surface area contributed by atoms with Crippen molar-refractivity contribution in [2.24, 2.45) is 0 Å². The van der Waals surface area contributed by atoms with Crippen LogP contribution in [0.25, 0.3) is 21.9 Å². The number of aromatic nitrogens is 1. The van der Waals surface area contributed by atoms with E-state index in [-0.39, 0.29) is 24.5 Å². The highest BCUT2D eigenvalue weighted by atomic mass is 16.6. The summed E-state index contributed by atoms with van der Waals surface area (Å²) in [7, 11) is 0. The molecule has 0 radical (unpaired) electrons. The van der Waals surface area contributed by atoms with Crippen LogP contribution in [0, 0.1) is 0 Å². The van der Waals surface area contributed by atoms with E-state index in [0.717, 1.165) is 10.9 Å². The number of hydrogen-bond donors (Lipinski definition) is 2. The minimum Gasteiger partial charge on any atom is -0.506 e. The molecule has 0 aliphatic carbocycles. The molecule has 1 aliphatic rings. The fraction of sp³-hybridized carbons (Fsp3) is 0.167. The molecule has 8 heteroatoms. The number of oxazole rings is 1. The smallest absolute Gasteiger partial charge is 0.410 e. The average Bonchev–Trinajstić information content (AvgIpc) is 3.57. The second-order valence-corrected chi connectivity index (χ2v) is 9.32. The standard InChI is InChI=1S/C30H25N3O5/c34-27-22-11-5-4-10-20(22)14-15-23(27)28(35)31-21-16-25(29-32-24-12-6-7-13-26(24)38-29)33(17-21)30(36)37-18-19-8-2-1-3-9-19/h1-15,21,25,34H,16-18H2,(H,31,35)/t21-,25-/m0/s1. The van der Waals surface area contributed by atoms with E-state index in [1.165, 1.54) is 0 Å². The van der Waals surface area contributed by atoms with E-state index in [1.54, 1.807) is 23.1 Å². The highest BCUT2D eigenvalue weighted by Crippen LogP contribution is 2.35. The summed E-state index contributed by atoms with van der Waals surface area (Å²) in [4.78, 5) is 32.5. The van der Waals surface area contributed by atoms with Crippen LogP contribution in [0.15, 0.2) is 95.4 Å². The molecule has 0 saturated carbocycles. The molecule has 1 aromatic heterocycles. The molecule has 0 unspecified atom stereocenters. The lowest BCUT2D eigenvalue weighted by atomic mass is 10.0. The van der Waals surface area contributed by atoms with Crippen LogP contribution in [-0.4, -0.2) is 39.6 Å². The van der Waals surface area contributed by atoms with Crippen LogP contribution in [0.1, 0.15) is 34.3 Å². The molecule has 5 aromatic rings. The number of rotatable bonds is 5. The van der Waals surface area contributed by atoms with Crippen molar-refractivity contribution in [2.45, 2.75) is 25.1 Å². The van der Waals surface area contributed by atoms with Crippen molar-refractivity contribution >= 4 is 33.9 Å². The van der Waals surface area contributed by atoms with E-state index in [9.17, 15) is 14.7 Å². The highest BCUT2D eigenvalue weighted by molar-refractivity contribution is 6.03. The second kappa shape index (κ2) is 9.89. The predicted molar refractivity (Wildman–Crippen MR) is 142 cm³/mol. The number of likely N-dealkylation sites (tertiary alicyclic amines) is 1. The van der Waals surface area contributed by atoms with Gasteiger partial charge in [0, 0.05) is 18.0 Å². The van der Waals surface area contributed by atoms with E-state index in [2.05, 4.69) is 10.3 Å². The van der Waals surface area contributed by atoms with Gasteiger partial charge in [0.05, 0.1) is 5.56 Å². The monoisotopic (exact) mass is 507 g/mol. The molecular weight excluding hydrogens is 482 g/mol. The molecule has 1 fully saturated rings. The van der Waals surface area contributed by atoms with E-state index in [4.69, 9.17) is 9.15 Å². The van der Waals surface area contributed by atoms with Gasteiger partial charge in [-0.3, -0.25) is 9.69 Å². The Kier molecular flexibility index (Phi) is 6.13. The van der Waals surface area contributed by atoms with Crippen molar-refractivity contribution < 1.29 is 23.8 Å².